The molecule has 1 heterocycles. The molecule has 0 aromatic heterocycles. The molecule has 7 heteroatoms. The molecule has 1 fully saturated rings. The van der Waals surface area contributed by atoms with Crippen molar-refractivity contribution in [3.8, 4) is 0 Å². The third-order valence-corrected chi connectivity index (χ3v) is 5.20. The van der Waals surface area contributed by atoms with Gasteiger partial charge < -0.3 is 11.5 Å². The molecule has 2 aromatic carbocycles. The maximum Gasteiger partial charge on any atom is 0.243 e. The van der Waals surface area contributed by atoms with E-state index in [1.54, 1.807) is 12.1 Å². The molecule has 3 rings (SSSR count). The Morgan fingerprint density at radius 2 is 1.79 bits per heavy atom. The molecule has 0 aliphatic carbocycles. The predicted molar refractivity (Wildman–Crippen MR) is 112 cm³/mol. The molecule has 0 saturated carbocycles. The fourth-order valence-electron chi connectivity index (χ4n) is 3.59. The Hall–Kier alpha value is -3.03. The summed E-state index contributed by atoms with van der Waals surface area (Å²) in [7, 11) is 0. The number of nitrogens with zero attached hydrogens (tertiary/aromatic N) is 1. The molecule has 0 unspecified atom stereocenters. The fraction of sp³-hybridized carbons (Fsp3) is 0.318. The Labute approximate surface area is 170 Å². The second-order valence-corrected chi connectivity index (χ2v) is 7.39. The highest BCUT2D eigenvalue weighted by Gasteiger charge is 2.32. The highest BCUT2D eigenvalue weighted by atomic mass is 16.2. The van der Waals surface area contributed by atoms with E-state index < -0.39 is 11.9 Å². The topological polar surface area (TPSA) is 125 Å². The van der Waals surface area contributed by atoms with Crippen LogP contribution in [0.2, 0.25) is 0 Å². The quantitative estimate of drug-likeness (QED) is 0.415. The molecule has 1 saturated heterocycles. The highest BCUT2D eigenvalue weighted by molar-refractivity contribution is 6.00. The van der Waals surface area contributed by atoms with E-state index in [-0.39, 0.29) is 17.8 Å². The third kappa shape index (κ3) is 5.49. The SMILES string of the molecule is N=C(N)c1ccc(CN2CCC[C@H]2C(=O)NC(=O)[C@H](N)Cc2ccccc2)cc1. The molecule has 2 amide bonds. The van der Waals surface area contributed by atoms with Gasteiger partial charge in [-0.1, -0.05) is 54.6 Å². The lowest BCUT2D eigenvalue weighted by Gasteiger charge is -2.24. The molecule has 0 spiro atoms. The van der Waals surface area contributed by atoms with Gasteiger partial charge in [-0.05, 0) is 36.9 Å². The number of hydrogen-bond acceptors (Lipinski definition) is 5. The monoisotopic (exact) mass is 393 g/mol. The Kier molecular flexibility index (Phi) is 6.74. The first-order valence-electron chi connectivity index (χ1n) is 9.75. The summed E-state index contributed by atoms with van der Waals surface area (Å²) >= 11 is 0. The van der Waals surface area contributed by atoms with E-state index in [0.29, 0.717) is 24.9 Å². The molecule has 2 aromatic rings. The van der Waals surface area contributed by atoms with Crippen LogP contribution in [0.15, 0.2) is 54.6 Å². The minimum absolute atomic E-state index is 0.0281. The summed E-state index contributed by atoms with van der Waals surface area (Å²) in [6, 6.07) is 15.8. The molecule has 6 N–H and O–H groups in total. The van der Waals surface area contributed by atoms with Gasteiger partial charge in [0.05, 0.1) is 12.1 Å². The molecule has 7 nitrogen and oxygen atoms in total. The lowest BCUT2D eigenvalue weighted by molar-refractivity contribution is -0.133. The van der Waals surface area contributed by atoms with E-state index >= 15 is 0 Å². The largest absolute Gasteiger partial charge is 0.384 e. The van der Waals surface area contributed by atoms with Gasteiger partial charge in [-0.2, -0.15) is 0 Å². The number of nitrogen functional groups attached to an aromatic ring is 1. The minimum atomic E-state index is -0.768. The van der Waals surface area contributed by atoms with Crippen molar-refractivity contribution in [1.29, 1.82) is 5.41 Å². The van der Waals surface area contributed by atoms with Crippen LogP contribution in [0.1, 0.15) is 29.5 Å². The van der Waals surface area contributed by atoms with E-state index in [1.165, 1.54) is 0 Å². The fourth-order valence-corrected chi connectivity index (χ4v) is 3.59. The second-order valence-electron chi connectivity index (χ2n) is 7.39. The van der Waals surface area contributed by atoms with Gasteiger partial charge in [-0.15, -0.1) is 0 Å². The zero-order valence-corrected chi connectivity index (χ0v) is 16.3. The van der Waals surface area contributed by atoms with Crippen molar-refractivity contribution in [3.63, 3.8) is 0 Å². The minimum Gasteiger partial charge on any atom is -0.384 e. The number of benzene rings is 2. The average Bonchev–Trinajstić information content (AvgIpc) is 3.17. The summed E-state index contributed by atoms with van der Waals surface area (Å²) < 4.78 is 0. The second kappa shape index (κ2) is 9.45. The van der Waals surface area contributed by atoms with E-state index in [0.717, 1.165) is 24.1 Å². The van der Waals surface area contributed by atoms with Crippen LogP contribution < -0.4 is 16.8 Å². The van der Waals surface area contributed by atoms with Crippen LogP contribution in [-0.4, -0.2) is 41.2 Å². The first-order valence-corrected chi connectivity index (χ1v) is 9.75. The van der Waals surface area contributed by atoms with Gasteiger partial charge in [0.25, 0.3) is 0 Å². The molecule has 152 valence electrons. The lowest BCUT2D eigenvalue weighted by Crippen LogP contribution is -2.50. The molecule has 0 radical (unpaired) electrons. The maximum absolute atomic E-state index is 12.7. The van der Waals surface area contributed by atoms with Crippen molar-refractivity contribution < 1.29 is 9.59 Å². The summed E-state index contributed by atoms with van der Waals surface area (Å²) in [6.07, 6.45) is 1.99. The number of carbonyl (C=O) groups is 2. The van der Waals surface area contributed by atoms with Gasteiger partial charge in [-0.25, -0.2) is 0 Å². The van der Waals surface area contributed by atoms with Crippen molar-refractivity contribution >= 4 is 17.6 Å². The molecular weight excluding hydrogens is 366 g/mol. The first-order chi connectivity index (χ1) is 13.9. The van der Waals surface area contributed by atoms with Crippen molar-refractivity contribution in [2.45, 2.75) is 37.9 Å². The van der Waals surface area contributed by atoms with E-state index in [9.17, 15) is 9.59 Å². The van der Waals surface area contributed by atoms with Crippen molar-refractivity contribution in [1.82, 2.24) is 10.2 Å². The van der Waals surface area contributed by atoms with Crippen molar-refractivity contribution in [3.05, 3.63) is 71.3 Å². The first kappa shape index (κ1) is 20.7. The average molecular weight is 393 g/mol. The van der Waals surface area contributed by atoms with Crippen LogP contribution in [-0.2, 0) is 22.6 Å². The smallest absolute Gasteiger partial charge is 0.243 e. The molecule has 1 aliphatic heterocycles. The zero-order chi connectivity index (χ0) is 20.8. The van der Waals surface area contributed by atoms with Crippen LogP contribution >= 0.6 is 0 Å². The van der Waals surface area contributed by atoms with Gasteiger partial charge in [-0.3, -0.25) is 25.2 Å². The van der Waals surface area contributed by atoms with Crippen LogP contribution in [0, 0.1) is 5.41 Å². The van der Waals surface area contributed by atoms with Crippen LogP contribution in [0.3, 0.4) is 0 Å². The molecular formula is C22H27N5O2. The Morgan fingerprint density at radius 1 is 1.10 bits per heavy atom. The number of amides is 2. The van der Waals surface area contributed by atoms with Crippen LogP contribution in [0.4, 0.5) is 0 Å². The van der Waals surface area contributed by atoms with E-state index in [1.807, 2.05) is 42.5 Å². The number of nitrogens with two attached hydrogens (primary N) is 2. The summed E-state index contributed by atoms with van der Waals surface area (Å²) in [5.41, 5.74) is 14.1. The molecule has 2 atom stereocenters. The Morgan fingerprint density at radius 3 is 2.45 bits per heavy atom. The maximum atomic E-state index is 12.7. The van der Waals surface area contributed by atoms with Gasteiger partial charge in [0.1, 0.15) is 5.84 Å². The number of nitrogens with one attached hydrogen (secondary N) is 2. The number of rotatable bonds is 7. The van der Waals surface area contributed by atoms with Crippen LogP contribution in [0.25, 0.3) is 0 Å². The zero-order valence-electron chi connectivity index (χ0n) is 16.3. The van der Waals surface area contributed by atoms with Gasteiger partial charge in [0, 0.05) is 12.1 Å². The molecule has 29 heavy (non-hydrogen) atoms. The Balaban J connectivity index is 1.56. The van der Waals surface area contributed by atoms with E-state index in [2.05, 4.69) is 10.2 Å². The third-order valence-electron chi connectivity index (χ3n) is 5.20. The molecule has 1 aliphatic rings. The van der Waals surface area contributed by atoms with Gasteiger partial charge in [0.15, 0.2) is 0 Å². The Bertz CT molecular complexity index is 867. The normalized spacial score (nSPS) is 17.6. The number of carbonyl (C=O) groups excluding carboxylic acids is 2. The number of hydrogen-bond donors (Lipinski definition) is 4. The van der Waals surface area contributed by atoms with Gasteiger partial charge in [0.2, 0.25) is 11.8 Å². The standard InChI is InChI=1S/C22H27N5O2/c23-18(13-15-5-2-1-3-6-15)21(28)26-22(29)19-7-4-12-27(19)14-16-8-10-17(11-9-16)20(24)25/h1-3,5-6,8-11,18-19H,4,7,12-14,23H2,(H3,24,25)(H,26,28,29)/t18-,19+/m1/s1. The molecule has 0 bridgehead atoms. The number of amidine groups is 1. The van der Waals surface area contributed by atoms with Crippen LogP contribution in [0.5, 0.6) is 0 Å². The predicted octanol–water partition coefficient (Wildman–Crippen LogP) is 1.15. The summed E-state index contributed by atoms with van der Waals surface area (Å²) in [5.74, 6) is -0.715. The van der Waals surface area contributed by atoms with Crippen molar-refractivity contribution in [2.75, 3.05) is 6.54 Å². The van der Waals surface area contributed by atoms with E-state index in [4.69, 9.17) is 16.9 Å². The summed E-state index contributed by atoms with van der Waals surface area (Å²) in [4.78, 5) is 27.1. The van der Waals surface area contributed by atoms with Gasteiger partial charge >= 0.3 is 0 Å². The summed E-state index contributed by atoms with van der Waals surface area (Å²) in [6.45, 7) is 1.39. The van der Waals surface area contributed by atoms with Crippen molar-refractivity contribution in [2.24, 2.45) is 11.5 Å². The number of imide groups is 1. The lowest BCUT2D eigenvalue weighted by atomic mass is 10.1. The summed E-state index contributed by atoms with van der Waals surface area (Å²) in [5, 5.41) is 9.95. The number of likely N-dealkylation sites (tertiary alicyclic amines) is 1. The highest BCUT2D eigenvalue weighted by Crippen LogP contribution is 2.20.